The Morgan fingerprint density at radius 2 is 1.38 bits per heavy atom. The van der Waals surface area contributed by atoms with Gasteiger partial charge in [0.25, 0.3) is 0 Å². The lowest BCUT2D eigenvalue weighted by molar-refractivity contribution is -0.144. The second-order valence-electron chi connectivity index (χ2n) is 8.17. The molecule has 1 saturated heterocycles. The van der Waals surface area contributed by atoms with Crippen LogP contribution in [-0.2, 0) is 19.2 Å². The molecule has 0 spiro atoms. The molecular formula is C19H34N4O6. The molecule has 1 aliphatic rings. The second-order valence-corrected chi connectivity index (χ2v) is 8.17. The summed E-state index contributed by atoms with van der Waals surface area (Å²) < 4.78 is 0. The minimum absolute atomic E-state index is 0.263. The number of carboxylic acids is 1. The molecule has 29 heavy (non-hydrogen) atoms. The van der Waals surface area contributed by atoms with Crippen molar-refractivity contribution in [1.29, 1.82) is 0 Å². The quantitative estimate of drug-likeness (QED) is 0.267. The summed E-state index contributed by atoms with van der Waals surface area (Å²) in [4.78, 5) is 49.0. The summed E-state index contributed by atoms with van der Waals surface area (Å²) in [5.74, 6) is -3.57. The average molecular weight is 415 g/mol. The van der Waals surface area contributed by atoms with Crippen molar-refractivity contribution in [3.63, 3.8) is 0 Å². The highest BCUT2D eigenvalue weighted by molar-refractivity contribution is 5.94. The summed E-state index contributed by atoms with van der Waals surface area (Å²) in [7, 11) is 0. The van der Waals surface area contributed by atoms with Gasteiger partial charge in [0.15, 0.2) is 0 Å². The van der Waals surface area contributed by atoms with Crippen LogP contribution in [0.3, 0.4) is 0 Å². The van der Waals surface area contributed by atoms with E-state index in [9.17, 15) is 29.4 Å². The van der Waals surface area contributed by atoms with Crippen molar-refractivity contribution < 1.29 is 29.4 Å². The molecule has 10 nitrogen and oxygen atoms in total. The third-order valence-electron chi connectivity index (χ3n) is 4.92. The zero-order valence-electron chi connectivity index (χ0n) is 17.7. The van der Waals surface area contributed by atoms with E-state index < -0.39 is 42.0 Å². The van der Waals surface area contributed by atoms with E-state index in [4.69, 9.17) is 0 Å². The van der Waals surface area contributed by atoms with Crippen molar-refractivity contribution in [2.24, 2.45) is 11.8 Å². The van der Waals surface area contributed by atoms with E-state index in [1.54, 1.807) is 27.7 Å². The molecule has 1 heterocycles. The molecule has 3 amide bonds. The summed E-state index contributed by atoms with van der Waals surface area (Å²) in [6, 6.07) is -3.78. The molecule has 5 unspecified atom stereocenters. The number of hydrogen-bond acceptors (Lipinski definition) is 6. The maximum atomic E-state index is 12.8. The Morgan fingerprint density at radius 3 is 1.79 bits per heavy atom. The molecular weight excluding hydrogens is 380 g/mol. The first kappa shape index (κ1) is 24.8. The molecule has 0 saturated carbocycles. The molecule has 1 aliphatic heterocycles. The topological polar surface area (TPSA) is 157 Å². The Bertz CT molecular complexity index is 602. The number of aliphatic hydroxyl groups is 1. The lowest BCUT2D eigenvalue weighted by atomic mass is 10.0. The van der Waals surface area contributed by atoms with Gasteiger partial charge in [-0.2, -0.15) is 0 Å². The first-order valence-electron chi connectivity index (χ1n) is 10.0. The Morgan fingerprint density at radius 1 is 0.862 bits per heavy atom. The van der Waals surface area contributed by atoms with Crippen LogP contribution >= 0.6 is 0 Å². The number of carboxylic acid groups (broad SMARTS) is 1. The molecule has 1 fully saturated rings. The number of rotatable bonds is 10. The number of carbonyl (C=O) groups is 4. The van der Waals surface area contributed by atoms with Gasteiger partial charge in [-0.1, -0.05) is 27.7 Å². The smallest absolute Gasteiger partial charge is 0.326 e. The fraction of sp³-hybridized carbons (Fsp3) is 0.789. The van der Waals surface area contributed by atoms with Gasteiger partial charge in [0.1, 0.15) is 18.1 Å². The van der Waals surface area contributed by atoms with E-state index >= 15 is 0 Å². The van der Waals surface area contributed by atoms with Gasteiger partial charge >= 0.3 is 5.97 Å². The highest BCUT2D eigenvalue weighted by Crippen LogP contribution is 2.09. The number of aliphatic hydroxyl groups excluding tert-OH is 1. The van der Waals surface area contributed by atoms with Gasteiger partial charge in [-0.3, -0.25) is 14.4 Å². The molecule has 6 N–H and O–H groups in total. The first-order valence-corrected chi connectivity index (χ1v) is 10.0. The lowest BCUT2D eigenvalue weighted by Gasteiger charge is -2.28. The standard InChI is InChI=1S/C19H34N4O6/c1-9(2)13(21-16(25)12-7-6-8-20-12)17(26)23-15(11(5)24)18(27)22-14(10(3)4)19(28)29/h9-15,20,24H,6-8H2,1-5H3,(H,21,25)(H,22,27)(H,23,26)(H,28,29). The number of hydrogen-bond donors (Lipinski definition) is 6. The van der Waals surface area contributed by atoms with Crippen LogP contribution < -0.4 is 21.3 Å². The molecule has 166 valence electrons. The van der Waals surface area contributed by atoms with Crippen LogP contribution in [0.15, 0.2) is 0 Å². The van der Waals surface area contributed by atoms with E-state index in [1.165, 1.54) is 6.92 Å². The fourth-order valence-electron chi connectivity index (χ4n) is 3.10. The summed E-state index contributed by atoms with van der Waals surface area (Å²) in [6.07, 6.45) is 0.296. The number of amides is 3. The highest BCUT2D eigenvalue weighted by Gasteiger charge is 2.34. The molecule has 0 aromatic heterocycles. The van der Waals surface area contributed by atoms with Crippen LogP contribution in [0.5, 0.6) is 0 Å². The fourth-order valence-corrected chi connectivity index (χ4v) is 3.10. The SMILES string of the molecule is CC(C)C(NC(=O)C(NC(=O)C(NC(=O)C1CCCN1)C(C)C)C(C)O)C(=O)O. The largest absolute Gasteiger partial charge is 0.480 e. The van der Waals surface area contributed by atoms with Crippen LogP contribution in [0.25, 0.3) is 0 Å². The van der Waals surface area contributed by atoms with Crippen molar-refractivity contribution in [2.45, 2.75) is 77.7 Å². The van der Waals surface area contributed by atoms with Crippen LogP contribution in [0.4, 0.5) is 0 Å². The van der Waals surface area contributed by atoms with Crippen molar-refractivity contribution in [2.75, 3.05) is 6.54 Å². The summed E-state index contributed by atoms with van der Waals surface area (Å²) in [6.45, 7) is 8.84. The third-order valence-corrected chi connectivity index (χ3v) is 4.92. The maximum absolute atomic E-state index is 12.8. The normalized spacial score (nSPS) is 20.6. The van der Waals surface area contributed by atoms with E-state index in [1.807, 2.05) is 0 Å². The molecule has 0 aromatic carbocycles. The van der Waals surface area contributed by atoms with Gasteiger partial charge in [0.2, 0.25) is 17.7 Å². The molecule has 0 radical (unpaired) electrons. The molecule has 0 aromatic rings. The predicted molar refractivity (Wildman–Crippen MR) is 106 cm³/mol. The van der Waals surface area contributed by atoms with Gasteiger partial charge in [-0.05, 0) is 38.1 Å². The average Bonchev–Trinajstić information content (AvgIpc) is 3.15. The maximum Gasteiger partial charge on any atom is 0.326 e. The van der Waals surface area contributed by atoms with Crippen molar-refractivity contribution in [3.8, 4) is 0 Å². The molecule has 1 rings (SSSR count). The van der Waals surface area contributed by atoms with E-state index in [0.717, 1.165) is 13.0 Å². The predicted octanol–water partition coefficient (Wildman–Crippen LogP) is -1.03. The highest BCUT2D eigenvalue weighted by atomic mass is 16.4. The van der Waals surface area contributed by atoms with Crippen LogP contribution in [0.1, 0.15) is 47.5 Å². The first-order chi connectivity index (χ1) is 13.5. The van der Waals surface area contributed by atoms with Crippen LogP contribution in [-0.4, -0.2) is 70.7 Å². The van der Waals surface area contributed by atoms with E-state index in [-0.39, 0.29) is 23.8 Å². The third kappa shape index (κ3) is 7.28. The molecule has 10 heteroatoms. The number of aliphatic carboxylic acids is 1. The van der Waals surface area contributed by atoms with Gasteiger partial charge in [0, 0.05) is 0 Å². The monoisotopic (exact) mass is 414 g/mol. The molecule has 5 atom stereocenters. The van der Waals surface area contributed by atoms with Crippen molar-refractivity contribution in [1.82, 2.24) is 21.3 Å². The summed E-state index contributed by atoms with van der Waals surface area (Å²) in [5.41, 5.74) is 0. The summed E-state index contributed by atoms with van der Waals surface area (Å²) in [5, 5.41) is 29.8. The molecule has 0 bridgehead atoms. The van der Waals surface area contributed by atoms with Gasteiger partial charge < -0.3 is 31.5 Å². The van der Waals surface area contributed by atoms with E-state index in [0.29, 0.717) is 6.42 Å². The lowest BCUT2D eigenvalue weighted by Crippen LogP contribution is -2.61. The second kappa shape index (κ2) is 11.1. The summed E-state index contributed by atoms with van der Waals surface area (Å²) >= 11 is 0. The van der Waals surface area contributed by atoms with Crippen molar-refractivity contribution >= 4 is 23.7 Å². The Kier molecular flexibility index (Phi) is 9.51. The zero-order chi connectivity index (χ0) is 22.3. The minimum atomic E-state index is -1.36. The Hall–Kier alpha value is -2.20. The van der Waals surface area contributed by atoms with Crippen LogP contribution in [0, 0.1) is 11.8 Å². The number of carbonyl (C=O) groups excluding carboxylic acids is 3. The Labute approximate surface area is 171 Å². The Balaban J connectivity index is 2.85. The van der Waals surface area contributed by atoms with Crippen molar-refractivity contribution in [3.05, 3.63) is 0 Å². The molecule has 0 aliphatic carbocycles. The minimum Gasteiger partial charge on any atom is -0.480 e. The van der Waals surface area contributed by atoms with Gasteiger partial charge in [-0.15, -0.1) is 0 Å². The van der Waals surface area contributed by atoms with E-state index in [2.05, 4.69) is 21.3 Å². The van der Waals surface area contributed by atoms with Crippen LogP contribution in [0.2, 0.25) is 0 Å². The van der Waals surface area contributed by atoms with Gasteiger partial charge in [0.05, 0.1) is 12.1 Å². The van der Waals surface area contributed by atoms with Gasteiger partial charge in [-0.25, -0.2) is 4.79 Å². The number of nitrogens with one attached hydrogen (secondary N) is 4. The zero-order valence-corrected chi connectivity index (χ0v) is 17.7.